The summed E-state index contributed by atoms with van der Waals surface area (Å²) in [5.41, 5.74) is -0.625. The Morgan fingerprint density at radius 3 is 2.56 bits per heavy atom. The molecule has 5 rings (SSSR count). The van der Waals surface area contributed by atoms with Gasteiger partial charge in [0.25, 0.3) is 5.56 Å². The number of carbonyl (C=O) groups is 1. The summed E-state index contributed by atoms with van der Waals surface area (Å²) in [7, 11) is 0. The number of fused-ring (bicyclic) bond motifs is 1. The van der Waals surface area contributed by atoms with Gasteiger partial charge in [-0.3, -0.25) is 18.8 Å². The van der Waals surface area contributed by atoms with E-state index in [-0.39, 0.29) is 41.7 Å². The van der Waals surface area contributed by atoms with Gasteiger partial charge in [0.05, 0.1) is 30.1 Å². The molecule has 4 aromatic rings. The largest absolute Gasteiger partial charge is 0.388 e. The van der Waals surface area contributed by atoms with Gasteiger partial charge in [0.1, 0.15) is 17.5 Å². The number of halogens is 2. The fourth-order valence-corrected chi connectivity index (χ4v) is 4.52. The van der Waals surface area contributed by atoms with Gasteiger partial charge in [-0.15, -0.1) is 5.10 Å². The molecule has 188 valence electrons. The standard InChI is InChI=1S/C24H25F2N7O3/c1-16(32-9-6-20(26)29-32)12-21(34)30-10-7-24(36,8-11-30)14-31-15-27-22-19(23(31)35)13-28-33(22)18-4-2-17(25)3-5-18/h2-6,9,13,15-16,36H,7-8,10-12,14H2,1H3/t16-/m1/s1. The minimum atomic E-state index is -1.18. The number of piperidine rings is 1. The van der Waals surface area contributed by atoms with Crippen LogP contribution in [0.3, 0.4) is 0 Å². The Morgan fingerprint density at radius 2 is 1.89 bits per heavy atom. The van der Waals surface area contributed by atoms with Crippen LogP contribution in [0.2, 0.25) is 0 Å². The second-order valence-electron chi connectivity index (χ2n) is 9.22. The van der Waals surface area contributed by atoms with Gasteiger partial charge in [-0.2, -0.15) is 9.49 Å². The van der Waals surface area contributed by atoms with Gasteiger partial charge in [0.15, 0.2) is 5.65 Å². The lowest BCUT2D eigenvalue weighted by atomic mass is 9.91. The van der Waals surface area contributed by atoms with Crippen LogP contribution in [0.1, 0.15) is 32.2 Å². The van der Waals surface area contributed by atoms with Crippen molar-refractivity contribution in [3.8, 4) is 5.69 Å². The minimum Gasteiger partial charge on any atom is -0.388 e. The number of rotatable bonds is 6. The Hall–Kier alpha value is -3.93. The molecular weight excluding hydrogens is 472 g/mol. The SMILES string of the molecule is C[C@H](CC(=O)N1CCC(O)(Cn2cnc3c(cnn3-c3ccc(F)cc3)c2=O)CC1)n1ccc(F)n1. The number of aromatic nitrogens is 6. The van der Waals surface area contributed by atoms with E-state index in [2.05, 4.69) is 15.2 Å². The van der Waals surface area contributed by atoms with Crippen LogP contribution >= 0.6 is 0 Å². The highest BCUT2D eigenvalue weighted by Crippen LogP contribution is 2.25. The maximum atomic E-state index is 13.3. The van der Waals surface area contributed by atoms with E-state index in [9.17, 15) is 23.5 Å². The number of hydrogen-bond donors (Lipinski definition) is 1. The molecule has 1 aliphatic rings. The Balaban J connectivity index is 1.25. The van der Waals surface area contributed by atoms with E-state index in [1.807, 2.05) is 0 Å². The van der Waals surface area contributed by atoms with Crippen LogP contribution in [0.4, 0.5) is 8.78 Å². The molecule has 36 heavy (non-hydrogen) atoms. The third-order valence-electron chi connectivity index (χ3n) is 6.63. The molecule has 0 unspecified atom stereocenters. The molecule has 0 bridgehead atoms. The molecule has 1 atom stereocenters. The lowest BCUT2D eigenvalue weighted by Crippen LogP contribution is -2.49. The highest BCUT2D eigenvalue weighted by molar-refractivity contribution is 5.77. The predicted octanol–water partition coefficient (Wildman–Crippen LogP) is 2.06. The van der Waals surface area contributed by atoms with Crippen LogP contribution < -0.4 is 5.56 Å². The van der Waals surface area contributed by atoms with Gasteiger partial charge in [0, 0.05) is 31.8 Å². The fraction of sp³-hybridized carbons (Fsp3) is 0.375. The van der Waals surface area contributed by atoms with E-state index in [0.717, 1.165) is 0 Å². The molecule has 10 nitrogen and oxygen atoms in total. The lowest BCUT2D eigenvalue weighted by Gasteiger charge is -2.38. The van der Waals surface area contributed by atoms with Gasteiger partial charge in [-0.05, 0) is 44.0 Å². The van der Waals surface area contributed by atoms with Gasteiger partial charge < -0.3 is 10.0 Å². The van der Waals surface area contributed by atoms with E-state index >= 15 is 0 Å². The quantitative estimate of drug-likeness (QED) is 0.437. The summed E-state index contributed by atoms with van der Waals surface area (Å²) in [5.74, 6) is -1.08. The zero-order chi connectivity index (χ0) is 25.4. The normalized spacial score (nSPS) is 16.4. The molecule has 0 saturated carbocycles. The maximum absolute atomic E-state index is 13.3. The summed E-state index contributed by atoms with van der Waals surface area (Å²) in [6.07, 6.45) is 5.02. The van der Waals surface area contributed by atoms with Crippen molar-refractivity contribution in [1.29, 1.82) is 0 Å². The topological polar surface area (TPSA) is 111 Å². The molecule has 1 amide bonds. The summed E-state index contributed by atoms with van der Waals surface area (Å²) in [6.45, 7) is 2.49. The molecule has 1 N–H and O–H groups in total. The zero-order valence-electron chi connectivity index (χ0n) is 19.6. The Kier molecular flexibility index (Phi) is 6.12. The Morgan fingerprint density at radius 1 is 1.17 bits per heavy atom. The average molecular weight is 498 g/mol. The third kappa shape index (κ3) is 4.63. The third-order valence-corrected chi connectivity index (χ3v) is 6.63. The van der Waals surface area contributed by atoms with Gasteiger partial charge in [0.2, 0.25) is 11.9 Å². The van der Waals surface area contributed by atoms with Gasteiger partial charge >= 0.3 is 0 Å². The van der Waals surface area contributed by atoms with E-state index in [4.69, 9.17) is 0 Å². The second kappa shape index (κ2) is 9.26. The number of aliphatic hydroxyl groups is 1. The molecule has 0 radical (unpaired) electrons. The van der Waals surface area contributed by atoms with Crippen LogP contribution in [0.5, 0.6) is 0 Å². The van der Waals surface area contributed by atoms with E-state index in [1.165, 1.54) is 50.9 Å². The Labute approximate surface area is 204 Å². The highest BCUT2D eigenvalue weighted by atomic mass is 19.1. The van der Waals surface area contributed by atoms with E-state index < -0.39 is 11.5 Å². The first kappa shape index (κ1) is 23.8. The molecular formula is C24H25F2N7O3. The van der Waals surface area contributed by atoms with Crippen molar-refractivity contribution in [3.05, 3.63) is 71.2 Å². The zero-order valence-corrected chi connectivity index (χ0v) is 19.6. The summed E-state index contributed by atoms with van der Waals surface area (Å²) < 4.78 is 30.6. The molecule has 12 heteroatoms. The van der Waals surface area contributed by atoms with Gasteiger partial charge in [-0.25, -0.2) is 14.1 Å². The first-order chi connectivity index (χ1) is 17.2. The van der Waals surface area contributed by atoms with Crippen molar-refractivity contribution in [3.63, 3.8) is 0 Å². The highest BCUT2D eigenvalue weighted by Gasteiger charge is 2.35. The minimum absolute atomic E-state index is 0.0293. The molecule has 1 fully saturated rings. The summed E-state index contributed by atoms with van der Waals surface area (Å²) >= 11 is 0. The molecule has 4 heterocycles. The number of hydrogen-bond acceptors (Lipinski definition) is 6. The van der Waals surface area contributed by atoms with E-state index in [0.29, 0.717) is 37.3 Å². The van der Waals surface area contributed by atoms with Crippen molar-refractivity contribution in [2.24, 2.45) is 0 Å². The second-order valence-corrected chi connectivity index (χ2v) is 9.22. The number of nitrogens with zero attached hydrogens (tertiary/aromatic N) is 7. The van der Waals surface area contributed by atoms with Crippen LogP contribution in [0.25, 0.3) is 16.7 Å². The number of benzene rings is 1. The first-order valence-corrected chi connectivity index (χ1v) is 11.6. The molecule has 1 saturated heterocycles. The van der Waals surface area contributed by atoms with Crippen LogP contribution in [-0.4, -0.2) is 63.7 Å². The summed E-state index contributed by atoms with van der Waals surface area (Å²) in [6, 6.07) is 6.63. The van der Waals surface area contributed by atoms with Crippen molar-refractivity contribution >= 4 is 16.9 Å². The molecule has 3 aromatic heterocycles. The average Bonchev–Trinajstić information content (AvgIpc) is 3.49. The van der Waals surface area contributed by atoms with Gasteiger partial charge in [-0.1, -0.05) is 0 Å². The van der Waals surface area contributed by atoms with Crippen LogP contribution in [-0.2, 0) is 11.3 Å². The number of likely N-dealkylation sites (tertiary alicyclic amines) is 1. The molecule has 1 aliphatic heterocycles. The van der Waals surface area contributed by atoms with Crippen molar-refractivity contribution in [2.75, 3.05) is 13.1 Å². The predicted molar refractivity (Wildman–Crippen MR) is 125 cm³/mol. The summed E-state index contributed by atoms with van der Waals surface area (Å²) in [5, 5.41) is 19.4. The van der Waals surface area contributed by atoms with Crippen molar-refractivity contribution < 1.29 is 18.7 Å². The molecule has 1 aromatic carbocycles. The van der Waals surface area contributed by atoms with E-state index in [1.54, 1.807) is 24.0 Å². The number of amides is 1. The molecule has 0 aliphatic carbocycles. The monoisotopic (exact) mass is 497 g/mol. The first-order valence-electron chi connectivity index (χ1n) is 11.6. The number of carbonyl (C=O) groups excluding carboxylic acids is 1. The van der Waals surface area contributed by atoms with Crippen LogP contribution in [0.15, 0.2) is 53.8 Å². The van der Waals surface area contributed by atoms with Crippen LogP contribution in [0, 0.1) is 11.8 Å². The smallest absolute Gasteiger partial charge is 0.264 e. The van der Waals surface area contributed by atoms with Crippen molar-refractivity contribution in [2.45, 2.75) is 44.4 Å². The maximum Gasteiger partial charge on any atom is 0.264 e. The molecule has 0 spiro atoms. The Bertz CT molecular complexity index is 1450. The lowest BCUT2D eigenvalue weighted by molar-refractivity contribution is -0.136. The fourth-order valence-electron chi connectivity index (χ4n) is 4.52. The summed E-state index contributed by atoms with van der Waals surface area (Å²) in [4.78, 5) is 31.8. The van der Waals surface area contributed by atoms with Crippen molar-refractivity contribution in [1.82, 2.24) is 34.0 Å².